The van der Waals surface area contributed by atoms with Gasteiger partial charge in [-0.1, -0.05) is 53.0 Å². The highest BCUT2D eigenvalue weighted by Crippen LogP contribution is 2.25. The molecular formula is C17H16Cl2N2O2. The lowest BCUT2D eigenvalue weighted by atomic mass is 10.1. The molecule has 0 atom stereocenters. The van der Waals surface area contributed by atoms with Gasteiger partial charge in [-0.25, -0.2) is 0 Å². The average molecular weight is 351 g/mol. The van der Waals surface area contributed by atoms with E-state index in [1.165, 1.54) is 6.07 Å². The molecule has 120 valence electrons. The number of amides is 2. The van der Waals surface area contributed by atoms with Crippen molar-refractivity contribution in [2.24, 2.45) is 0 Å². The van der Waals surface area contributed by atoms with E-state index in [0.717, 1.165) is 11.1 Å². The zero-order chi connectivity index (χ0) is 16.8. The SMILES string of the molecule is Cc1ccc(CNC(=O)CC(=O)Nc2ccc(Cl)cc2Cl)cc1. The molecule has 0 aliphatic carbocycles. The maximum Gasteiger partial charge on any atom is 0.233 e. The normalized spacial score (nSPS) is 10.2. The van der Waals surface area contributed by atoms with E-state index in [0.29, 0.717) is 22.3 Å². The van der Waals surface area contributed by atoms with Crippen molar-refractivity contribution >= 4 is 40.7 Å². The molecule has 0 aliphatic rings. The largest absolute Gasteiger partial charge is 0.352 e. The van der Waals surface area contributed by atoms with Crippen molar-refractivity contribution in [2.45, 2.75) is 19.9 Å². The summed E-state index contributed by atoms with van der Waals surface area (Å²) in [6.07, 6.45) is -0.273. The molecule has 4 nitrogen and oxygen atoms in total. The van der Waals surface area contributed by atoms with Gasteiger partial charge in [-0.3, -0.25) is 9.59 Å². The molecule has 23 heavy (non-hydrogen) atoms. The monoisotopic (exact) mass is 350 g/mol. The Labute approximate surface area is 144 Å². The summed E-state index contributed by atoms with van der Waals surface area (Å²) >= 11 is 11.8. The summed E-state index contributed by atoms with van der Waals surface area (Å²) in [5, 5.41) is 6.09. The minimum atomic E-state index is -0.435. The van der Waals surface area contributed by atoms with Crippen LogP contribution in [0, 0.1) is 6.92 Å². The molecule has 0 aliphatic heterocycles. The van der Waals surface area contributed by atoms with Gasteiger partial charge in [0.1, 0.15) is 6.42 Å². The number of hydrogen-bond acceptors (Lipinski definition) is 2. The number of aryl methyl sites for hydroxylation is 1. The molecule has 0 heterocycles. The predicted octanol–water partition coefficient (Wildman–Crippen LogP) is 3.95. The Morgan fingerprint density at radius 3 is 2.35 bits per heavy atom. The van der Waals surface area contributed by atoms with E-state index in [-0.39, 0.29) is 12.3 Å². The topological polar surface area (TPSA) is 58.2 Å². The van der Waals surface area contributed by atoms with Crippen LogP contribution in [0.15, 0.2) is 42.5 Å². The van der Waals surface area contributed by atoms with Crippen molar-refractivity contribution in [3.8, 4) is 0 Å². The fourth-order valence-corrected chi connectivity index (χ4v) is 2.36. The number of anilines is 1. The van der Waals surface area contributed by atoms with Gasteiger partial charge in [0.15, 0.2) is 0 Å². The highest BCUT2D eigenvalue weighted by Gasteiger charge is 2.11. The van der Waals surface area contributed by atoms with E-state index in [1.807, 2.05) is 31.2 Å². The minimum absolute atomic E-state index is 0.273. The summed E-state index contributed by atoms with van der Waals surface area (Å²) in [7, 11) is 0. The highest BCUT2D eigenvalue weighted by atomic mass is 35.5. The van der Waals surface area contributed by atoms with Gasteiger partial charge in [0, 0.05) is 11.6 Å². The molecule has 2 amide bonds. The number of rotatable bonds is 5. The van der Waals surface area contributed by atoms with Gasteiger partial charge in [0.25, 0.3) is 0 Å². The average Bonchev–Trinajstić information content (AvgIpc) is 2.49. The molecule has 6 heteroatoms. The molecule has 2 rings (SSSR count). The van der Waals surface area contributed by atoms with Gasteiger partial charge in [0.05, 0.1) is 10.7 Å². The van der Waals surface area contributed by atoms with Gasteiger partial charge in [-0.15, -0.1) is 0 Å². The number of halogens is 2. The Morgan fingerprint density at radius 2 is 1.70 bits per heavy atom. The Balaban J connectivity index is 1.82. The number of carbonyl (C=O) groups excluding carboxylic acids is 2. The second-order valence-electron chi connectivity index (χ2n) is 5.11. The summed E-state index contributed by atoms with van der Waals surface area (Å²) in [4.78, 5) is 23.6. The first-order chi connectivity index (χ1) is 10.9. The molecule has 2 aromatic carbocycles. The van der Waals surface area contributed by atoms with Crippen molar-refractivity contribution in [3.05, 3.63) is 63.6 Å². The zero-order valence-electron chi connectivity index (χ0n) is 12.5. The highest BCUT2D eigenvalue weighted by molar-refractivity contribution is 6.36. The lowest BCUT2D eigenvalue weighted by molar-refractivity contribution is -0.126. The lowest BCUT2D eigenvalue weighted by Crippen LogP contribution is -2.27. The summed E-state index contributed by atoms with van der Waals surface area (Å²) in [6, 6.07) is 12.5. The summed E-state index contributed by atoms with van der Waals surface area (Å²) < 4.78 is 0. The summed E-state index contributed by atoms with van der Waals surface area (Å²) in [6.45, 7) is 2.38. The molecule has 0 fully saturated rings. The molecule has 2 N–H and O–H groups in total. The Morgan fingerprint density at radius 1 is 1.00 bits per heavy atom. The van der Waals surface area contributed by atoms with Crippen LogP contribution >= 0.6 is 23.2 Å². The van der Waals surface area contributed by atoms with E-state index in [4.69, 9.17) is 23.2 Å². The van der Waals surface area contributed by atoms with Gasteiger partial charge in [-0.2, -0.15) is 0 Å². The quantitative estimate of drug-likeness (QED) is 0.802. The minimum Gasteiger partial charge on any atom is -0.352 e. The van der Waals surface area contributed by atoms with Crippen molar-refractivity contribution in [3.63, 3.8) is 0 Å². The van der Waals surface area contributed by atoms with Crippen LogP contribution in [0.2, 0.25) is 10.0 Å². The molecule has 0 bridgehead atoms. The van der Waals surface area contributed by atoms with Crippen LogP contribution in [0.4, 0.5) is 5.69 Å². The first-order valence-electron chi connectivity index (χ1n) is 7.01. The number of hydrogen-bond donors (Lipinski definition) is 2. The molecule has 0 radical (unpaired) electrons. The third-order valence-electron chi connectivity index (χ3n) is 3.14. The Bertz CT molecular complexity index is 715. The Hall–Kier alpha value is -2.04. The Kier molecular flexibility index (Phi) is 6.02. The van der Waals surface area contributed by atoms with Crippen molar-refractivity contribution in [1.29, 1.82) is 0 Å². The van der Waals surface area contributed by atoms with Gasteiger partial charge >= 0.3 is 0 Å². The lowest BCUT2D eigenvalue weighted by Gasteiger charge is -2.08. The molecule has 0 aromatic heterocycles. The molecule has 0 saturated heterocycles. The van der Waals surface area contributed by atoms with Crippen molar-refractivity contribution in [2.75, 3.05) is 5.32 Å². The fraction of sp³-hybridized carbons (Fsp3) is 0.176. The third-order valence-corrected chi connectivity index (χ3v) is 3.68. The predicted molar refractivity (Wildman–Crippen MR) is 92.7 cm³/mol. The van der Waals surface area contributed by atoms with Crippen molar-refractivity contribution < 1.29 is 9.59 Å². The number of nitrogens with one attached hydrogen (secondary N) is 2. The molecular weight excluding hydrogens is 335 g/mol. The fourth-order valence-electron chi connectivity index (χ4n) is 1.90. The van der Waals surface area contributed by atoms with E-state index in [2.05, 4.69) is 10.6 Å². The maximum atomic E-state index is 11.9. The van der Waals surface area contributed by atoms with Crippen LogP contribution in [0.5, 0.6) is 0 Å². The molecule has 0 saturated carbocycles. The van der Waals surface area contributed by atoms with Gasteiger partial charge in [-0.05, 0) is 30.7 Å². The maximum absolute atomic E-state index is 11.9. The first kappa shape index (κ1) is 17.3. The van der Waals surface area contributed by atoms with Crippen LogP contribution < -0.4 is 10.6 Å². The van der Waals surface area contributed by atoms with E-state index in [9.17, 15) is 9.59 Å². The van der Waals surface area contributed by atoms with E-state index >= 15 is 0 Å². The van der Waals surface area contributed by atoms with Crippen LogP contribution in [0.25, 0.3) is 0 Å². The smallest absolute Gasteiger partial charge is 0.233 e. The summed E-state index contributed by atoms with van der Waals surface area (Å²) in [5.41, 5.74) is 2.55. The molecule has 2 aromatic rings. The second-order valence-corrected chi connectivity index (χ2v) is 5.96. The molecule has 0 spiro atoms. The van der Waals surface area contributed by atoms with Crippen molar-refractivity contribution in [1.82, 2.24) is 5.32 Å². The van der Waals surface area contributed by atoms with Gasteiger partial charge < -0.3 is 10.6 Å². The van der Waals surface area contributed by atoms with Gasteiger partial charge in [0.2, 0.25) is 11.8 Å². The van der Waals surface area contributed by atoms with Crippen LogP contribution in [0.1, 0.15) is 17.5 Å². The van der Waals surface area contributed by atoms with Crippen LogP contribution in [-0.2, 0) is 16.1 Å². The van der Waals surface area contributed by atoms with E-state index in [1.54, 1.807) is 12.1 Å². The number of carbonyl (C=O) groups is 2. The van der Waals surface area contributed by atoms with Crippen LogP contribution in [-0.4, -0.2) is 11.8 Å². The summed E-state index contributed by atoms with van der Waals surface area (Å²) in [5.74, 6) is -0.788. The third kappa shape index (κ3) is 5.58. The molecule has 0 unspecified atom stereocenters. The van der Waals surface area contributed by atoms with Crippen LogP contribution in [0.3, 0.4) is 0 Å². The number of benzene rings is 2. The second kappa shape index (κ2) is 7.99. The first-order valence-corrected chi connectivity index (χ1v) is 7.77. The standard InChI is InChI=1S/C17H16Cl2N2O2/c1-11-2-4-12(5-3-11)10-20-16(22)9-17(23)21-15-7-6-13(18)8-14(15)19/h2-8H,9-10H2,1H3,(H,20,22)(H,21,23). The van der Waals surface area contributed by atoms with E-state index < -0.39 is 5.91 Å². The zero-order valence-corrected chi connectivity index (χ0v) is 14.0.